The van der Waals surface area contributed by atoms with Crippen molar-refractivity contribution >= 4 is 11.6 Å². The number of benzene rings is 2. The number of hydrogen-bond donors (Lipinski definition) is 1. The highest BCUT2D eigenvalue weighted by atomic mass is 16.5. The van der Waals surface area contributed by atoms with Crippen LogP contribution in [0.2, 0.25) is 0 Å². The first-order valence-electron chi connectivity index (χ1n) is 7.81. The fraction of sp³-hybridized carbons (Fsp3) is 0.316. The Morgan fingerprint density at radius 2 is 1.67 bits per heavy atom. The first kappa shape index (κ1) is 16.2. The van der Waals surface area contributed by atoms with Crippen LogP contribution in [0.3, 0.4) is 0 Å². The van der Waals surface area contributed by atoms with Gasteiger partial charge in [-0.1, -0.05) is 18.2 Å². The van der Waals surface area contributed by atoms with Crippen LogP contribution in [-0.4, -0.2) is 27.2 Å². The van der Waals surface area contributed by atoms with Crippen molar-refractivity contribution in [3.63, 3.8) is 0 Å². The maximum atomic E-state index is 12.9. The highest BCUT2D eigenvalue weighted by Gasteiger charge is 2.52. The number of para-hydroxylation sites is 1. The van der Waals surface area contributed by atoms with Crippen LogP contribution in [0.25, 0.3) is 0 Å². The maximum absolute atomic E-state index is 12.9. The molecule has 2 aromatic rings. The van der Waals surface area contributed by atoms with Gasteiger partial charge in [-0.15, -0.1) is 0 Å². The monoisotopic (exact) mass is 327 g/mol. The highest BCUT2D eigenvalue weighted by molar-refractivity contribution is 6.02. The minimum absolute atomic E-state index is 0.0459. The molecule has 0 unspecified atom stereocenters. The molecule has 0 heterocycles. The fourth-order valence-corrected chi connectivity index (χ4v) is 2.93. The summed E-state index contributed by atoms with van der Waals surface area (Å²) < 4.78 is 16.0. The molecule has 5 heteroatoms. The Morgan fingerprint density at radius 1 is 0.958 bits per heavy atom. The number of carbonyl (C=O) groups is 1. The zero-order valence-corrected chi connectivity index (χ0v) is 14.1. The molecule has 3 rings (SSSR count). The summed E-state index contributed by atoms with van der Waals surface area (Å²) in [5.74, 6) is 1.94. The molecule has 1 amide bonds. The van der Waals surface area contributed by atoms with Crippen molar-refractivity contribution in [1.29, 1.82) is 0 Å². The van der Waals surface area contributed by atoms with Gasteiger partial charge in [-0.3, -0.25) is 4.79 Å². The molecule has 1 N–H and O–H groups in total. The van der Waals surface area contributed by atoms with Gasteiger partial charge in [0, 0.05) is 11.6 Å². The van der Waals surface area contributed by atoms with Crippen LogP contribution >= 0.6 is 0 Å². The topological polar surface area (TPSA) is 56.8 Å². The molecule has 5 nitrogen and oxygen atoms in total. The Balaban J connectivity index is 1.88. The predicted molar refractivity (Wildman–Crippen MR) is 92.1 cm³/mol. The average Bonchev–Trinajstić information content (AvgIpc) is 3.43. The third kappa shape index (κ3) is 2.77. The van der Waals surface area contributed by atoms with Crippen LogP contribution in [0.1, 0.15) is 18.4 Å². The fourth-order valence-electron chi connectivity index (χ4n) is 2.93. The summed E-state index contributed by atoms with van der Waals surface area (Å²) >= 11 is 0. The number of methoxy groups -OCH3 is 3. The minimum atomic E-state index is -0.530. The van der Waals surface area contributed by atoms with E-state index in [0.717, 1.165) is 24.2 Å². The van der Waals surface area contributed by atoms with E-state index in [2.05, 4.69) is 5.32 Å². The van der Waals surface area contributed by atoms with Crippen molar-refractivity contribution in [2.24, 2.45) is 0 Å². The second kappa shape index (κ2) is 6.43. The van der Waals surface area contributed by atoms with Gasteiger partial charge in [-0.25, -0.2) is 0 Å². The van der Waals surface area contributed by atoms with E-state index in [4.69, 9.17) is 14.2 Å². The largest absolute Gasteiger partial charge is 0.497 e. The number of amides is 1. The van der Waals surface area contributed by atoms with Gasteiger partial charge in [0.25, 0.3) is 0 Å². The Bertz CT molecular complexity index is 753. The molecule has 24 heavy (non-hydrogen) atoms. The zero-order valence-electron chi connectivity index (χ0n) is 14.1. The quantitative estimate of drug-likeness (QED) is 0.884. The van der Waals surface area contributed by atoms with Crippen molar-refractivity contribution in [3.8, 4) is 17.2 Å². The average molecular weight is 327 g/mol. The lowest BCUT2D eigenvalue weighted by molar-refractivity contribution is -0.118. The number of anilines is 1. The molecular weight excluding hydrogens is 306 g/mol. The van der Waals surface area contributed by atoms with Crippen LogP contribution in [0.5, 0.6) is 17.2 Å². The molecule has 0 aliphatic heterocycles. The molecule has 0 aromatic heterocycles. The summed E-state index contributed by atoms with van der Waals surface area (Å²) in [6, 6.07) is 13.0. The van der Waals surface area contributed by atoms with E-state index in [-0.39, 0.29) is 5.91 Å². The van der Waals surface area contributed by atoms with Crippen LogP contribution < -0.4 is 19.5 Å². The molecule has 0 bridgehead atoms. The molecule has 1 saturated carbocycles. The van der Waals surface area contributed by atoms with Gasteiger partial charge in [0.2, 0.25) is 5.91 Å². The number of nitrogens with one attached hydrogen (secondary N) is 1. The smallest absolute Gasteiger partial charge is 0.235 e. The van der Waals surface area contributed by atoms with E-state index >= 15 is 0 Å². The number of hydrogen-bond acceptors (Lipinski definition) is 4. The van der Waals surface area contributed by atoms with Crippen molar-refractivity contribution in [2.45, 2.75) is 18.3 Å². The second-order valence-electron chi connectivity index (χ2n) is 5.80. The van der Waals surface area contributed by atoms with Gasteiger partial charge in [-0.2, -0.15) is 0 Å². The zero-order chi connectivity index (χ0) is 17.2. The molecule has 126 valence electrons. The standard InChI is InChI=1S/C19H21NO4/c1-22-13-8-9-15(17(12-13)24-3)20-18(21)19(10-11-19)14-6-4-5-7-16(14)23-2/h4-9,12H,10-11H2,1-3H3,(H,20,21). The van der Waals surface area contributed by atoms with Crippen molar-refractivity contribution in [1.82, 2.24) is 0 Å². The first-order chi connectivity index (χ1) is 11.6. The van der Waals surface area contributed by atoms with E-state index in [1.165, 1.54) is 0 Å². The third-order valence-electron chi connectivity index (χ3n) is 4.46. The Hall–Kier alpha value is -2.69. The third-order valence-corrected chi connectivity index (χ3v) is 4.46. The van der Waals surface area contributed by atoms with Crippen LogP contribution in [-0.2, 0) is 10.2 Å². The number of ether oxygens (including phenoxy) is 3. The molecule has 2 aromatic carbocycles. The van der Waals surface area contributed by atoms with Gasteiger partial charge < -0.3 is 19.5 Å². The molecule has 0 saturated heterocycles. The van der Waals surface area contributed by atoms with Crippen molar-refractivity contribution in [2.75, 3.05) is 26.6 Å². The number of rotatable bonds is 6. The molecular formula is C19H21NO4. The molecule has 0 radical (unpaired) electrons. The Labute approximate surface area is 141 Å². The normalized spacial score (nSPS) is 14.6. The van der Waals surface area contributed by atoms with Gasteiger partial charge in [0.1, 0.15) is 17.2 Å². The second-order valence-corrected chi connectivity index (χ2v) is 5.80. The Kier molecular flexibility index (Phi) is 4.34. The molecule has 0 atom stereocenters. The summed E-state index contributed by atoms with van der Waals surface area (Å²) in [7, 11) is 4.78. The lowest BCUT2D eigenvalue weighted by Crippen LogP contribution is -2.28. The predicted octanol–water partition coefficient (Wildman–Crippen LogP) is 3.38. The van der Waals surface area contributed by atoms with Crippen LogP contribution in [0.4, 0.5) is 5.69 Å². The summed E-state index contributed by atoms with van der Waals surface area (Å²) in [6.07, 6.45) is 1.61. The van der Waals surface area contributed by atoms with Gasteiger partial charge in [0.05, 0.1) is 32.4 Å². The van der Waals surface area contributed by atoms with E-state index in [1.54, 1.807) is 39.5 Å². The van der Waals surface area contributed by atoms with E-state index in [9.17, 15) is 4.79 Å². The maximum Gasteiger partial charge on any atom is 0.235 e. The Morgan fingerprint density at radius 3 is 2.29 bits per heavy atom. The lowest BCUT2D eigenvalue weighted by atomic mass is 9.94. The summed E-state index contributed by atoms with van der Waals surface area (Å²) in [6.45, 7) is 0. The molecule has 0 spiro atoms. The molecule has 1 aliphatic rings. The summed E-state index contributed by atoms with van der Waals surface area (Å²) in [4.78, 5) is 12.9. The summed E-state index contributed by atoms with van der Waals surface area (Å²) in [5, 5.41) is 2.99. The van der Waals surface area contributed by atoms with Crippen molar-refractivity contribution < 1.29 is 19.0 Å². The van der Waals surface area contributed by atoms with Crippen LogP contribution in [0.15, 0.2) is 42.5 Å². The first-order valence-corrected chi connectivity index (χ1v) is 7.81. The van der Waals surface area contributed by atoms with Gasteiger partial charge in [-0.05, 0) is 31.0 Å². The van der Waals surface area contributed by atoms with E-state index in [1.807, 2.05) is 24.3 Å². The number of carbonyl (C=O) groups excluding carboxylic acids is 1. The van der Waals surface area contributed by atoms with Gasteiger partial charge in [0.15, 0.2) is 0 Å². The van der Waals surface area contributed by atoms with Gasteiger partial charge >= 0.3 is 0 Å². The summed E-state index contributed by atoms with van der Waals surface area (Å²) in [5.41, 5.74) is 1.03. The SMILES string of the molecule is COc1ccc(NC(=O)C2(c3ccccc3OC)CC2)c(OC)c1. The minimum Gasteiger partial charge on any atom is -0.497 e. The van der Waals surface area contributed by atoms with E-state index < -0.39 is 5.41 Å². The molecule has 1 fully saturated rings. The van der Waals surface area contributed by atoms with Crippen molar-refractivity contribution in [3.05, 3.63) is 48.0 Å². The van der Waals surface area contributed by atoms with Crippen LogP contribution in [0, 0.1) is 0 Å². The molecule has 1 aliphatic carbocycles. The van der Waals surface area contributed by atoms with E-state index in [0.29, 0.717) is 17.2 Å². The highest BCUT2D eigenvalue weighted by Crippen LogP contribution is 2.52. The lowest BCUT2D eigenvalue weighted by Gasteiger charge is -2.19.